The van der Waals surface area contributed by atoms with E-state index in [4.69, 9.17) is 14.2 Å². The summed E-state index contributed by atoms with van der Waals surface area (Å²) in [5.74, 6) is 0. The topological polar surface area (TPSA) is 62.6 Å². The van der Waals surface area contributed by atoms with Gasteiger partial charge in [0.15, 0.2) is 6.29 Å². The standard InChI is InChI=1S/C13H22N2O4/c1-11-13(10-16)12(2)15(14-11)4-5-18-8-9-19-7-6-17-3/h10H,4-9H2,1-3H3. The number of aldehydes is 1. The van der Waals surface area contributed by atoms with E-state index in [2.05, 4.69) is 5.10 Å². The number of carbonyl (C=O) groups excluding carboxylic acids is 1. The van der Waals surface area contributed by atoms with Crippen LogP contribution in [0.25, 0.3) is 0 Å². The molecule has 0 saturated heterocycles. The first kappa shape index (κ1) is 15.8. The zero-order valence-corrected chi connectivity index (χ0v) is 11.8. The summed E-state index contributed by atoms with van der Waals surface area (Å²) in [5.41, 5.74) is 2.31. The maximum atomic E-state index is 10.9. The monoisotopic (exact) mass is 270 g/mol. The molecule has 0 amide bonds. The van der Waals surface area contributed by atoms with E-state index < -0.39 is 0 Å². The van der Waals surface area contributed by atoms with Crippen molar-refractivity contribution in [2.75, 3.05) is 40.1 Å². The third-order valence-electron chi connectivity index (χ3n) is 2.81. The molecule has 0 spiro atoms. The highest BCUT2D eigenvalue weighted by Gasteiger charge is 2.09. The van der Waals surface area contributed by atoms with Gasteiger partial charge in [-0.1, -0.05) is 0 Å². The molecule has 1 heterocycles. The number of aryl methyl sites for hydroxylation is 1. The first-order chi connectivity index (χ1) is 9.20. The Kier molecular flexibility index (Phi) is 7.32. The Bertz CT molecular complexity index is 390. The molecule has 19 heavy (non-hydrogen) atoms. The number of nitrogens with zero attached hydrogens (tertiary/aromatic N) is 2. The van der Waals surface area contributed by atoms with Gasteiger partial charge in [0.2, 0.25) is 0 Å². The maximum absolute atomic E-state index is 10.9. The van der Waals surface area contributed by atoms with Crippen molar-refractivity contribution in [3.63, 3.8) is 0 Å². The molecule has 6 nitrogen and oxygen atoms in total. The summed E-state index contributed by atoms with van der Waals surface area (Å²) >= 11 is 0. The highest BCUT2D eigenvalue weighted by atomic mass is 16.5. The summed E-state index contributed by atoms with van der Waals surface area (Å²) in [4.78, 5) is 10.9. The highest BCUT2D eigenvalue weighted by molar-refractivity contribution is 5.77. The number of methoxy groups -OCH3 is 1. The molecule has 0 atom stereocenters. The third-order valence-corrected chi connectivity index (χ3v) is 2.81. The smallest absolute Gasteiger partial charge is 0.153 e. The quantitative estimate of drug-likeness (QED) is 0.469. The van der Waals surface area contributed by atoms with E-state index in [9.17, 15) is 4.79 Å². The van der Waals surface area contributed by atoms with E-state index in [1.54, 1.807) is 11.8 Å². The van der Waals surface area contributed by atoms with Crippen LogP contribution in [0.2, 0.25) is 0 Å². The summed E-state index contributed by atoms with van der Waals surface area (Å²) in [5, 5.41) is 4.30. The Labute approximate surface area is 113 Å². The van der Waals surface area contributed by atoms with E-state index in [1.807, 2.05) is 13.8 Å². The van der Waals surface area contributed by atoms with E-state index in [0.717, 1.165) is 17.7 Å². The molecule has 0 saturated carbocycles. The lowest BCUT2D eigenvalue weighted by atomic mass is 10.2. The molecule has 1 rings (SSSR count). The number of rotatable bonds is 10. The van der Waals surface area contributed by atoms with Crippen LogP contribution in [0, 0.1) is 13.8 Å². The van der Waals surface area contributed by atoms with Crippen molar-refractivity contribution in [3.05, 3.63) is 17.0 Å². The largest absolute Gasteiger partial charge is 0.382 e. The maximum Gasteiger partial charge on any atom is 0.153 e. The average Bonchev–Trinajstić information content (AvgIpc) is 2.67. The number of ether oxygens (including phenoxy) is 3. The fraction of sp³-hybridized carbons (Fsp3) is 0.692. The fourth-order valence-corrected chi connectivity index (χ4v) is 1.71. The Balaban J connectivity index is 2.18. The SMILES string of the molecule is COCCOCCOCCn1nc(C)c(C=O)c1C. The minimum Gasteiger partial charge on any atom is -0.382 e. The molecular formula is C13H22N2O4. The second-order valence-electron chi connectivity index (χ2n) is 4.14. The van der Waals surface area contributed by atoms with Crippen LogP contribution in [-0.2, 0) is 20.8 Å². The molecule has 0 N–H and O–H groups in total. The van der Waals surface area contributed by atoms with Gasteiger partial charge in [0.05, 0.1) is 50.8 Å². The van der Waals surface area contributed by atoms with Crippen LogP contribution in [0.15, 0.2) is 0 Å². The van der Waals surface area contributed by atoms with Gasteiger partial charge >= 0.3 is 0 Å². The van der Waals surface area contributed by atoms with Crippen LogP contribution >= 0.6 is 0 Å². The van der Waals surface area contributed by atoms with Crippen molar-refractivity contribution >= 4 is 6.29 Å². The second-order valence-corrected chi connectivity index (χ2v) is 4.14. The van der Waals surface area contributed by atoms with Crippen molar-refractivity contribution in [1.82, 2.24) is 9.78 Å². The minimum atomic E-state index is 0.545. The number of hydrogen-bond donors (Lipinski definition) is 0. The van der Waals surface area contributed by atoms with Gasteiger partial charge in [-0.15, -0.1) is 0 Å². The number of carbonyl (C=O) groups is 1. The fourth-order valence-electron chi connectivity index (χ4n) is 1.71. The summed E-state index contributed by atoms with van der Waals surface area (Å²) in [6, 6.07) is 0. The summed E-state index contributed by atoms with van der Waals surface area (Å²) in [6.45, 7) is 7.19. The van der Waals surface area contributed by atoms with Crippen LogP contribution in [0.5, 0.6) is 0 Å². The van der Waals surface area contributed by atoms with E-state index in [1.165, 1.54) is 0 Å². The first-order valence-electron chi connectivity index (χ1n) is 6.34. The molecule has 0 fully saturated rings. The molecule has 0 aromatic carbocycles. The molecular weight excluding hydrogens is 248 g/mol. The van der Waals surface area contributed by atoms with Gasteiger partial charge in [0.1, 0.15) is 0 Å². The van der Waals surface area contributed by atoms with Crippen LogP contribution in [0.4, 0.5) is 0 Å². The first-order valence-corrected chi connectivity index (χ1v) is 6.34. The number of aromatic nitrogens is 2. The normalized spacial score (nSPS) is 10.9. The Morgan fingerprint density at radius 1 is 1.11 bits per heavy atom. The summed E-state index contributed by atoms with van der Waals surface area (Å²) < 4.78 is 17.4. The second kappa shape index (κ2) is 8.79. The molecule has 0 aliphatic carbocycles. The average molecular weight is 270 g/mol. The van der Waals surface area contributed by atoms with Crippen LogP contribution in [-0.4, -0.2) is 56.2 Å². The van der Waals surface area contributed by atoms with Crippen molar-refractivity contribution < 1.29 is 19.0 Å². The van der Waals surface area contributed by atoms with Crippen molar-refractivity contribution in [2.24, 2.45) is 0 Å². The van der Waals surface area contributed by atoms with Crippen molar-refractivity contribution in [1.29, 1.82) is 0 Å². The van der Waals surface area contributed by atoms with E-state index in [0.29, 0.717) is 45.1 Å². The molecule has 1 aromatic heterocycles. The zero-order chi connectivity index (χ0) is 14.1. The predicted molar refractivity (Wildman–Crippen MR) is 70.6 cm³/mol. The minimum absolute atomic E-state index is 0.545. The van der Waals surface area contributed by atoms with Gasteiger partial charge in [0.25, 0.3) is 0 Å². The molecule has 108 valence electrons. The van der Waals surface area contributed by atoms with E-state index in [-0.39, 0.29) is 0 Å². The van der Waals surface area contributed by atoms with Crippen LogP contribution < -0.4 is 0 Å². The Morgan fingerprint density at radius 2 is 1.74 bits per heavy atom. The summed E-state index contributed by atoms with van der Waals surface area (Å²) in [7, 11) is 1.64. The van der Waals surface area contributed by atoms with Crippen molar-refractivity contribution in [2.45, 2.75) is 20.4 Å². The predicted octanol–water partition coefficient (Wildman–Crippen LogP) is 0.992. The molecule has 0 radical (unpaired) electrons. The molecule has 6 heteroatoms. The van der Waals surface area contributed by atoms with Crippen LogP contribution in [0.3, 0.4) is 0 Å². The van der Waals surface area contributed by atoms with Gasteiger partial charge in [-0.3, -0.25) is 9.48 Å². The van der Waals surface area contributed by atoms with Crippen LogP contribution in [0.1, 0.15) is 21.7 Å². The molecule has 0 unspecified atom stereocenters. The molecule has 0 bridgehead atoms. The van der Waals surface area contributed by atoms with E-state index >= 15 is 0 Å². The van der Waals surface area contributed by atoms with Crippen molar-refractivity contribution in [3.8, 4) is 0 Å². The Hall–Kier alpha value is -1.24. The highest BCUT2D eigenvalue weighted by Crippen LogP contribution is 2.09. The van der Waals surface area contributed by atoms with Gasteiger partial charge in [-0.2, -0.15) is 5.10 Å². The van der Waals surface area contributed by atoms with Gasteiger partial charge in [-0.05, 0) is 13.8 Å². The molecule has 1 aromatic rings. The van der Waals surface area contributed by atoms with Gasteiger partial charge < -0.3 is 14.2 Å². The lowest BCUT2D eigenvalue weighted by Gasteiger charge is -2.07. The number of hydrogen-bond acceptors (Lipinski definition) is 5. The lowest BCUT2D eigenvalue weighted by molar-refractivity contribution is 0.0224. The zero-order valence-electron chi connectivity index (χ0n) is 11.8. The van der Waals surface area contributed by atoms with Gasteiger partial charge in [-0.25, -0.2) is 0 Å². The molecule has 0 aliphatic rings. The summed E-state index contributed by atoms with van der Waals surface area (Å²) in [6.07, 6.45) is 0.846. The lowest BCUT2D eigenvalue weighted by Crippen LogP contribution is -2.13. The van der Waals surface area contributed by atoms with Gasteiger partial charge in [0, 0.05) is 12.8 Å². The third kappa shape index (κ3) is 5.10. The molecule has 0 aliphatic heterocycles. The Morgan fingerprint density at radius 3 is 2.32 bits per heavy atom.